The maximum Gasteiger partial charge on any atom is 0.223 e. The Balaban J connectivity index is 2.41. The zero-order valence-electron chi connectivity index (χ0n) is 12.4. The minimum Gasteiger partial charge on any atom is -0.496 e. The van der Waals surface area contributed by atoms with Crippen LogP contribution in [-0.4, -0.2) is 37.6 Å². The van der Waals surface area contributed by atoms with Gasteiger partial charge < -0.3 is 15.0 Å². The highest BCUT2D eigenvalue weighted by atomic mass is 35.5. The van der Waals surface area contributed by atoms with E-state index in [0.29, 0.717) is 24.5 Å². The number of hydrogen-bond acceptors (Lipinski definition) is 3. The Morgan fingerprint density at radius 2 is 2.05 bits per heavy atom. The van der Waals surface area contributed by atoms with E-state index in [4.69, 9.17) is 16.3 Å². The maximum atomic E-state index is 11.8. The molecule has 0 bridgehead atoms. The largest absolute Gasteiger partial charge is 0.496 e. The summed E-state index contributed by atoms with van der Waals surface area (Å²) in [7, 11) is 1.64. The molecule has 0 aromatic heterocycles. The number of ether oxygens (including phenoxy) is 1. The van der Waals surface area contributed by atoms with Crippen LogP contribution in [0.25, 0.3) is 0 Å². The standard InChI is InChI=1S/C15H23ClN2O2/c1-4-18(5-2)15(19)8-9-17-11-12-10-13(16)6-7-14(12)20-3/h6-7,10,17H,4-5,8-9,11H2,1-3H3. The van der Waals surface area contributed by atoms with Crippen molar-refractivity contribution in [2.24, 2.45) is 0 Å². The molecule has 1 amide bonds. The Morgan fingerprint density at radius 1 is 1.35 bits per heavy atom. The highest BCUT2D eigenvalue weighted by Gasteiger charge is 2.09. The topological polar surface area (TPSA) is 41.6 Å². The van der Waals surface area contributed by atoms with Crippen LogP contribution >= 0.6 is 11.6 Å². The molecule has 0 saturated heterocycles. The normalized spacial score (nSPS) is 10.4. The number of amides is 1. The Morgan fingerprint density at radius 3 is 2.65 bits per heavy atom. The van der Waals surface area contributed by atoms with Crippen LogP contribution in [0.1, 0.15) is 25.8 Å². The van der Waals surface area contributed by atoms with Crippen LogP contribution in [0.4, 0.5) is 0 Å². The van der Waals surface area contributed by atoms with Crippen molar-refractivity contribution >= 4 is 17.5 Å². The fourth-order valence-corrected chi connectivity index (χ4v) is 2.23. The van der Waals surface area contributed by atoms with Gasteiger partial charge in [0.25, 0.3) is 0 Å². The minimum absolute atomic E-state index is 0.181. The average Bonchev–Trinajstić information content (AvgIpc) is 2.45. The lowest BCUT2D eigenvalue weighted by molar-refractivity contribution is -0.130. The summed E-state index contributed by atoms with van der Waals surface area (Å²) < 4.78 is 5.28. The summed E-state index contributed by atoms with van der Waals surface area (Å²) in [6, 6.07) is 5.52. The van der Waals surface area contributed by atoms with Crippen LogP contribution in [0.15, 0.2) is 18.2 Å². The van der Waals surface area contributed by atoms with Gasteiger partial charge in [-0.2, -0.15) is 0 Å². The number of carbonyl (C=O) groups excluding carboxylic acids is 1. The monoisotopic (exact) mass is 298 g/mol. The van der Waals surface area contributed by atoms with Crippen molar-refractivity contribution in [1.29, 1.82) is 0 Å². The van der Waals surface area contributed by atoms with Crippen molar-refractivity contribution in [3.05, 3.63) is 28.8 Å². The maximum absolute atomic E-state index is 11.8. The van der Waals surface area contributed by atoms with Crippen LogP contribution in [0, 0.1) is 0 Å². The van der Waals surface area contributed by atoms with Gasteiger partial charge in [0.15, 0.2) is 0 Å². The summed E-state index contributed by atoms with van der Waals surface area (Å²) in [6.45, 7) is 6.78. The molecule has 0 aliphatic carbocycles. The zero-order valence-corrected chi connectivity index (χ0v) is 13.2. The number of halogens is 1. The molecule has 0 unspecified atom stereocenters. The van der Waals surface area contributed by atoms with Gasteiger partial charge in [-0.05, 0) is 32.0 Å². The van der Waals surface area contributed by atoms with E-state index in [1.54, 1.807) is 13.2 Å². The van der Waals surface area contributed by atoms with E-state index >= 15 is 0 Å². The minimum atomic E-state index is 0.181. The Bertz CT molecular complexity index is 434. The van der Waals surface area contributed by atoms with E-state index in [-0.39, 0.29) is 5.91 Å². The first-order valence-electron chi connectivity index (χ1n) is 6.93. The molecular weight excluding hydrogens is 276 g/mol. The third-order valence-electron chi connectivity index (χ3n) is 3.19. The number of carbonyl (C=O) groups is 1. The molecule has 0 saturated carbocycles. The van der Waals surface area contributed by atoms with Crippen molar-refractivity contribution in [2.45, 2.75) is 26.8 Å². The van der Waals surface area contributed by atoms with E-state index in [0.717, 1.165) is 24.4 Å². The molecule has 112 valence electrons. The lowest BCUT2D eigenvalue weighted by Gasteiger charge is -2.18. The molecular formula is C15H23ClN2O2. The number of methoxy groups -OCH3 is 1. The number of benzene rings is 1. The van der Waals surface area contributed by atoms with E-state index < -0.39 is 0 Å². The van der Waals surface area contributed by atoms with E-state index in [9.17, 15) is 4.79 Å². The number of hydrogen-bond donors (Lipinski definition) is 1. The van der Waals surface area contributed by atoms with Crippen LogP contribution in [-0.2, 0) is 11.3 Å². The van der Waals surface area contributed by atoms with Crippen molar-refractivity contribution in [3.8, 4) is 5.75 Å². The predicted octanol–water partition coefficient (Wildman–Crippen LogP) is 2.70. The molecule has 0 radical (unpaired) electrons. The SMILES string of the molecule is CCN(CC)C(=O)CCNCc1cc(Cl)ccc1OC. The van der Waals surface area contributed by atoms with Gasteiger partial charge in [0.05, 0.1) is 7.11 Å². The smallest absolute Gasteiger partial charge is 0.223 e. The summed E-state index contributed by atoms with van der Waals surface area (Å²) >= 11 is 5.97. The van der Waals surface area contributed by atoms with Gasteiger partial charge in [-0.25, -0.2) is 0 Å². The van der Waals surface area contributed by atoms with Crippen molar-refractivity contribution in [1.82, 2.24) is 10.2 Å². The lowest BCUT2D eigenvalue weighted by Crippen LogP contribution is -2.32. The number of nitrogens with one attached hydrogen (secondary N) is 1. The average molecular weight is 299 g/mol. The Labute approximate surface area is 126 Å². The molecule has 0 fully saturated rings. The molecule has 1 aromatic carbocycles. The second kappa shape index (κ2) is 8.82. The first-order chi connectivity index (χ1) is 9.62. The van der Waals surface area contributed by atoms with E-state index in [1.807, 2.05) is 30.9 Å². The van der Waals surface area contributed by atoms with Crippen LogP contribution < -0.4 is 10.1 Å². The third-order valence-corrected chi connectivity index (χ3v) is 3.42. The van der Waals surface area contributed by atoms with Gasteiger partial charge in [-0.3, -0.25) is 4.79 Å². The van der Waals surface area contributed by atoms with Gasteiger partial charge in [0, 0.05) is 43.2 Å². The summed E-state index contributed by atoms with van der Waals surface area (Å²) in [5.41, 5.74) is 0.996. The molecule has 1 aromatic rings. The van der Waals surface area contributed by atoms with Gasteiger partial charge in [0.1, 0.15) is 5.75 Å². The van der Waals surface area contributed by atoms with Gasteiger partial charge in [0.2, 0.25) is 5.91 Å². The lowest BCUT2D eigenvalue weighted by atomic mass is 10.2. The summed E-state index contributed by atoms with van der Waals surface area (Å²) in [5.74, 6) is 0.984. The molecule has 20 heavy (non-hydrogen) atoms. The quantitative estimate of drug-likeness (QED) is 0.750. The Kier molecular flexibility index (Phi) is 7.41. The van der Waals surface area contributed by atoms with Gasteiger partial charge in [-0.15, -0.1) is 0 Å². The first-order valence-corrected chi connectivity index (χ1v) is 7.31. The predicted molar refractivity (Wildman–Crippen MR) is 82.3 cm³/mol. The highest BCUT2D eigenvalue weighted by Crippen LogP contribution is 2.22. The molecule has 0 aliphatic heterocycles. The van der Waals surface area contributed by atoms with E-state index in [2.05, 4.69) is 5.32 Å². The van der Waals surface area contributed by atoms with E-state index in [1.165, 1.54) is 0 Å². The van der Waals surface area contributed by atoms with Crippen molar-refractivity contribution < 1.29 is 9.53 Å². The van der Waals surface area contributed by atoms with Crippen LogP contribution in [0.3, 0.4) is 0 Å². The van der Waals surface area contributed by atoms with Crippen LogP contribution in [0.2, 0.25) is 5.02 Å². The summed E-state index contributed by atoms with van der Waals surface area (Å²) in [4.78, 5) is 13.7. The summed E-state index contributed by atoms with van der Waals surface area (Å²) in [6.07, 6.45) is 0.505. The molecule has 0 heterocycles. The fourth-order valence-electron chi connectivity index (χ4n) is 2.04. The third kappa shape index (κ3) is 5.02. The summed E-state index contributed by atoms with van der Waals surface area (Å²) in [5, 5.41) is 3.93. The molecule has 1 N–H and O–H groups in total. The molecule has 5 heteroatoms. The molecule has 0 spiro atoms. The number of rotatable bonds is 8. The molecule has 0 atom stereocenters. The van der Waals surface area contributed by atoms with Gasteiger partial charge >= 0.3 is 0 Å². The number of nitrogens with zero attached hydrogens (tertiary/aromatic N) is 1. The molecule has 4 nitrogen and oxygen atoms in total. The zero-order chi connectivity index (χ0) is 15.0. The van der Waals surface area contributed by atoms with Crippen molar-refractivity contribution in [3.63, 3.8) is 0 Å². The second-order valence-electron chi connectivity index (χ2n) is 4.45. The van der Waals surface area contributed by atoms with Crippen molar-refractivity contribution in [2.75, 3.05) is 26.7 Å². The van der Waals surface area contributed by atoms with Gasteiger partial charge in [-0.1, -0.05) is 11.6 Å². The molecule has 1 rings (SSSR count). The fraction of sp³-hybridized carbons (Fsp3) is 0.533. The molecule has 0 aliphatic rings. The highest BCUT2D eigenvalue weighted by molar-refractivity contribution is 6.30. The first kappa shape index (κ1) is 16.8. The Hall–Kier alpha value is -1.26. The second-order valence-corrected chi connectivity index (χ2v) is 4.89. The van der Waals surface area contributed by atoms with Crippen LogP contribution in [0.5, 0.6) is 5.75 Å².